The Morgan fingerprint density at radius 3 is 1.34 bits per heavy atom. The second-order valence-corrected chi connectivity index (χ2v) is 19.5. The van der Waals surface area contributed by atoms with Crippen LogP contribution in [0, 0.1) is 0 Å². The second kappa shape index (κ2) is 17.9. The monoisotopic (exact) mass is 939 g/mol. The van der Waals surface area contributed by atoms with Gasteiger partial charge in [-0.15, -0.1) is 0 Å². The van der Waals surface area contributed by atoms with Crippen LogP contribution in [0.1, 0.15) is 22.3 Å². The highest BCUT2D eigenvalue weighted by Crippen LogP contribution is 2.57. The maximum Gasteiger partial charge on any atom is 0.0714 e. The molecule has 346 valence electrons. The lowest BCUT2D eigenvalue weighted by Crippen LogP contribution is -2.28. The Morgan fingerprint density at radius 2 is 0.662 bits per heavy atom. The van der Waals surface area contributed by atoms with Crippen molar-refractivity contribution in [2.24, 2.45) is 0 Å². The molecular formula is C73H49N. The largest absolute Gasteiger partial charge is 0.310 e. The van der Waals surface area contributed by atoms with E-state index in [0.717, 1.165) is 22.6 Å². The molecule has 0 amide bonds. The summed E-state index contributed by atoms with van der Waals surface area (Å²) < 4.78 is 0. The number of fused-ring (bicyclic) bond motifs is 7. The van der Waals surface area contributed by atoms with E-state index in [2.05, 4.69) is 302 Å². The summed E-state index contributed by atoms with van der Waals surface area (Å²) in [6.45, 7) is 0. The van der Waals surface area contributed by atoms with Crippen LogP contribution in [0.15, 0.2) is 297 Å². The molecule has 0 aromatic heterocycles. The van der Waals surface area contributed by atoms with E-state index in [1.54, 1.807) is 0 Å². The number of hydrogen-bond acceptors (Lipinski definition) is 1. The Labute approximate surface area is 432 Å². The number of rotatable bonds is 9. The fourth-order valence-electron chi connectivity index (χ4n) is 12.2. The van der Waals surface area contributed by atoms with Gasteiger partial charge in [0.05, 0.1) is 5.41 Å². The summed E-state index contributed by atoms with van der Waals surface area (Å²) in [5.74, 6) is 0. The third-order valence-electron chi connectivity index (χ3n) is 15.5. The third-order valence-corrected chi connectivity index (χ3v) is 15.5. The van der Waals surface area contributed by atoms with Gasteiger partial charge >= 0.3 is 0 Å². The van der Waals surface area contributed by atoms with Crippen LogP contribution in [0.4, 0.5) is 17.1 Å². The molecule has 1 heteroatoms. The molecule has 0 radical (unpaired) electrons. The Kier molecular flexibility index (Phi) is 10.5. The van der Waals surface area contributed by atoms with Crippen LogP contribution < -0.4 is 4.90 Å². The summed E-state index contributed by atoms with van der Waals surface area (Å²) in [4.78, 5) is 2.45. The van der Waals surface area contributed by atoms with E-state index in [0.29, 0.717) is 0 Å². The predicted molar refractivity (Wildman–Crippen MR) is 313 cm³/mol. The van der Waals surface area contributed by atoms with E-state index in [-0.39, 0.29) is 0 Å². The van der Waals surface area contributed by atoms with Gasteiger partial charge in [0.2, 0.25) is 0 Å². The molecule has 13 aromatic rings. The molecule has 0 aliphatic heterocycles. The van der Waals surface area contributed by atoms with E-state index in [4.69, 9.17) is 0 Å². The lowest BCUT2D eigenvalue weighted by molar-refractivity contribution is 0.768. The van der Waals surface area contributed by atoms with E-state index in [1.165, 1.54) is 105 Å². The van der Waals surface area contributed by atoms with Crippen molar-refractivity contribution in [1.82, 2.24) is 0 Å². The molecule has 14 rings (SSSR count). The van der Waals surface area contributed by atoms with E-state index in [1.807, 2.05) is 0 Å². The SMILES string of the molecule is c1ccc(-c2ccc3cc(N(c4ccc(-c5ccc6c(c5)c(-c5ccccc5)c(-c5ccccc5)c5ccccc56)cc4)c4ccc5c(c4)C(c4ccccc4)(c4ccccc4)c4ccccc4-5)ccc3c2)cc1. The van der Waals surface area contributed by atoms with Gasteiger partial charge in [0.1, 0.15) is 0 Å². The smallest absolute Gasteiger partial charge is 0.0714 e. The standard InChI is InChI=1S/C73H49N/c1-6-20-50(21-7-1)54-34-35-56-47-61(42-38-55(56)46-54)74(62-43-45-66-65-31-18-19-33-69(65)73(70(66)49-62,58-26-12-4-13-27-58)59-28-14-5-15-29-59)60-40-36-51(37-41-60)57-39-44-64-63-30-16-17-32-67(63)71(52-22-8-2-9-23-52)72(68(64)48-57)53-24-10-3-11-25-53/h1-49H. The molecule has 0 bridgehead atoms. The van der Waals surface area contributed by atoms with Crippen LogP contribution in [0.3, 0.4) is 0 Å². The quantitative estimate of drug-likeness (QED) is 0.130. The Hall–Kier alpha value is -9.56. The summed E-state index contributed by atoms with van der Waals surface area (Å²) in [6, 6.07) is 110. The van der Waals surface area contributed by atoms with Crippen LogP contribution in [-0.4, -0.2) is 0 Å². The zero-order valence-electron chi connectivity index (χ0n) is 40.7. The molecule has 0 unspecified atom stereocenters. The number of anilines is 3. The van der Waals surface area contributed by atoms with Gasteiger partial charge in [-0.25, -0.2) is 0 Å². The van der Waals surface area contributed by atoms with E-state index >= 15 is 0 Å². The summed E-state index contributed by atoms with van der Waals surface area (Å²) >= 11 is 0. The molecule has 0 saturated carbocycles. The van der Waals surface area contributed by atoms with Gasteiger partial charge in [-0.1, -0.05) is 249 Å². The van der Waals surface area contributed by atoms with Crippen molar-refractivity contribution in [3.8, 4) is 55.6 Å². The van der Waals surface area contributed by atoms with Gasteiger partial charge in [0, 0.05) is 17.1 Å². The normalized spacial score (nSPS) is 12.4. The van der Waals surface area contributed by atoms with Crippen molar-refractivity contribution in [2.75, 3.05) is 4.90 Å². The van der Waals surface area contributed by atoms with Crippen molar-refractivity contribution >= 4 is 49.4 Å². The minimum atomic E-state index is -0.530. The van der Waals surface area contributed by atoms with Gasteiger partial charge in [-0.05, 0) is 159 Å². The minimum Gasteiger partial charge on any atom is -0.310 e. The zero-order chi connectivity index (χ0) is 49.0. The molecule has 0 spiro atoms. The van der Waals surface area contributed by atoms with Crippen LogP contribution in [0.5, 0.6) is 0 Å². The van der Waals surface area contributed by atoms with Crippen LogP contribution in [-0.2, 0) is 5.41 Å². The second-order valence-electron chi connectivity index (χ2n) is 19.5. The molecule has 0 saturated heterocycles. The predicted octanol–water partition coefficient (Wildman–Crippen LogP) is 19.6. The van der Waals surface area contributed by atoms with Gasteiger partial charge in [-0.3, -0.25) is 0 Å². The van der Waals surface area contributed by atoms with Crippen molar-refractivity contribution in [3.05, 3.63) is 320 Å². The van der Waals surface area contributed by atoms with Crippen molar-refractivity contribution in [2.45, 2.75) is 5.41 Å². The number of benzene rings is 13. The molecule has 74 heavy (non-hydrogen) atoms. The van der Waals surface area contributed by atoms with Gasteiger partial charge in [0.15, 0.2) is 0 Å². The lowest BCUT2D eigenvalue weighted by Gasteiger charge is -2.35. The first kappa shape index (κ1) is 43.2. The lowest BCUT2D eigenvalue weighted by atomic mass is 9.67. The van der Waals surface area contributed by atoms with E-state index < -0.39 is 5.41 Å². The fourth-order valence-corrected chi connectivity index (χ4v) is 12.2. The maximum absolute atomic E-state index is 2.47. The maximum atomic E-state index is 2.47. The molecule has 1 aliphatic carbocycles. The van der Waals surface area contributed by atoms with Crippen LogP contribution in [0.25, 0.3) is 88.0 Å². The van der Waals surface area contributed by atoms with Crippen molar-refractivity contribution in [1.29, 1.82) is 0 Å². The van der Waals surface area contributed by atoms with Gasteiger partial charge < -0.3 is 4.90 Å². The van der Waals surface area contributed by atoms with Crippen molar-refractivity contribution < 1.29 is 0 Å². The first-order valence-electron chi connectivity index (χ1n) is 25.7. The molecule has 0 atom stereocenters. The van der Waals surface area contributed by atoms with E-state index in [9.17, 15) is 0 Å². The molecule has 1 nitrogen and oxygen atoms in total. The average Bonchev–Trinajstić information content (AvgIpc) is 3.78. The molecule has 0 heterocycles. The highest BCUT2D eigenvalue weighted by atomic mass is 15.1. The average molecular weight is 940 g/mol. The Balaban J connectivity index is 0.952. The molecule has 13 aromatic carbocycles. The first-order valence-corrected chi connectivity index (χ1v) is 25.7. The Morgan fingerprint density at radius 1 is 0.230 bits per heavy atom. The zero-order valence-corrected chi connectivity index (χ0v) is 40.7. The van der Waals surface area contributed by atoms with Gasteiger partial charge in [-0.2, -0.15) is 0 Å². The third kappa shape index (κ3) is 7.08. The Bertz CT molecular complexity index is 4160. The topological polar surface area (TPSA) is 3.24 Å². The summed E-state index contributed by atoms with van der Waals surface area (Å²) in [5, 5.41) is 7.39. The molecule has 0 fully saturated rings. The summed E-state index contributed by atoms with van der Waals surface area (Å²) in [5.41, 5.74) is 20.0. The number of hydrogen-bond donors (Lipinski definition) is 0. The first-order chi connectivity index (χ1) is 36.7. The van der Waals surface area contributed by atoms with Crippen LogP contribution >= 0.6 is 0 Å². The summed E-state index contributed by atoms with van der Waals surface area (Å²) in [6.07, 6.45) is 0. The minimum absolute atomic E-state index is 0.530. The highest BCUT2D eigenvalue weighted by Gasteiger charge is 2.46. The number of nitrogens with zero attached hydrogens (tertiary/aromatic N) is 1. The highest BCUT2D eigenvalue weighted by molar-refractivity contribution is 6.22. The summed E-state index contributed by atoms with van der Waals surface area (Å²) in [7, 11) is 0. The molecular weight excluding hydrogens is 891 g/mol. The fraction of sp³-hybridized carbons (Fsp3) is 0.0137. The molecule has 1 aliphatic rings. The van der Waals surface area contributed by atoms with Crippen LogP contribution in [0.2, 0.25) is 0 Å². The van der Waals surface area contributed by atoms with Gasteiger partial charge in [0.25, 0.3) is 0 Å². The van der Waals surface area contributed by atoms with Crippen molar-refractivity contribution in [3.63, 3.8) is 0 Å². The molecule has 0 N–H and O–H groups in total.